The Bertz CT molecular complexity index is 722. The van der Waals surface area contributed by atoms with Gasteiger partial charge in [0.25, 0.3) is 11.8 Å². The standard InChI is InChI=1S/C16H14F2N2O3/c1-10(23-14-8-3-2-7-13(14)18)15(21)19-20-16(22)11-5-4-6-12(17)9-11/h2-10H,1H3,(H,19,21)(H,20,22)/t10-/m1/s1. The fourth-order valence-electron chi connectivity index (χ4n) is 1.71. The van der Waals surface area contributed by atoms with E-state index in [1.54, 1.807) is 6.07 Å². The third-order valence-electron chi connectivity index (χ3n) is 2.90. The summed E-state index contributed by atoms with van der Waals surface area (Å²) in [5.74, 6) is -2.61. The molecule has 0 aliphatic rings. The van der Waals surface area contributed by atoms with Gasteiger partial charge < -0.3 is 4.74 Å². The normalized spacial score (nSPS) is 11.4. The van der Waals surface area contributed by atoms with Crippen molar-refractivity contribution < 1.29 is 23.1 Å². The van der Waals surface area contributed by atoms with Gasteiger partial charge in [-0.25, -0.2) is 8.78 Å². The topological polar surface area (TPSA) is 67.4 Å². The van der Waals surface area contributed by atoms with Gasteiger partial charge >= 0.3 is 0 Å². The molecular formula is C16H14F2N2O3. The SMILES string of the molecule is C[C@@H](Oc1ccccc1F)C(=O)NNC(=O)c1cccc(F)c1. The summed E-state index contributed by atoms with van der Waals surface area (Å²) < 4.78 is 31.6. The fraction of sp³-hybridized carbons (Fsp3) is 0.125. The van der Waals surface area contributed by atoms with Crippen LogP contribution < -0.4 is 15.6 Å². The number of rotatable bonds is 4. The molecule has 0 aliphatic carbocycles. The smallest absolute Gasteiger partial charge is 0.279 e. The van der Waals surface area contributed by atoms with Crippen LogP contribution in [0, 0.1) is 11.6 Å². The second kappa shape index (κ2) is 7.35. The Morgan fingerprint density at radius 1 is 1.04 bits per heavy atom. The van der Waals surface area contributed by atoms with Crippen molar-refractivity contribution in [2.24, 2.45) is 0 Å². The van der Waals surface area contributed by atoms with Crippen LogP contribution in [0.15, 0.2) is 48.5 Å². The minimum absolute atomic E-state index is 0.0491. The molecule has 0 unspecified atom stereocenters. The molecule has 0 spiro atoms. The number of carbonyl (C=O) groups excluding carboxylic acids is 2. The van der Waals surface area contributed by atoms with Gasteiger partial charge in [0.1, 0.15) is 5.82 Å². The molecule has 0 fully saturated rings. The number of amides is 2. The van der Waals surface area contributed by atoms with Gasteiger partial charge in [0.05, 0.1) is 0 Å². The molecule has 0 saturated heterocycles. The first-order valence-electron chi connectivity index (χ1n) is 6.74. The van der Waals surface area contributed by atoms with Crippen molar-refractivity contribution in [2.75, 3.05) is 0 Å². The maximum Gasteiger partial charge on any atom is 0.279 e. The van der Waals surface area contributed by atoms with E-state index in [0.29, 0.717) is 0 Å². The Morgan fingerprint density at radius 3 is 2.48 bits per heavy atom. The van der Waals surface area contributed by atoms with Crippen molar-refractivity contribution in [2.45, 2.75) is 13.0 Å². The number of hydrazine groups is 1. The van der Waals surface area contributed by atoms with E-state index in [-0.39, 0.29) is 11.3 Å². The number of carbonyl (C=O) groups is 2. The van der Waals surface area contributed by atoms with Crippen LogP contribution in [-0.2, 0) is 4.79 Å². The lowest BCUT2D eigenvalue weighted by atomic mass is 10.2. The van der Waals surface area contributed by atoms with E-state index in [4.69, 9.17) is 4.74 Å². The molecule has 0 aliphatic heterocycles. The Morgan fingerprint density at radius 2 is 1.78 bits per heavy atom. The predicted octanol–water partition coefficient (Wildman–Crippen LogP) is 2.19. The molecule has 0 bridgehead atoms. The molecule has 23 heavy (non-hydrogen) atoms. The monoisotopic (exact) mass is 320 g/mol. The molecule has 5 nitrogen and oxygen atoms in total. The molecule has 2 rings (SSSR count). The first-order chi connectivity index (χ1) is 11.0. The zero-order valence-corrected chi connectivity index (χ0v) is 12.2. The maximum atomic E-state index is 13.4. The van der Waals surface area contributed by atoms with E-state index in [1.165, 1.54) is 43.3 Å². The van der Waals surface area contributed by atoms with Crippen molar-refractivity contribution >= 4 is 11.8 Å². The summed E-state index contributed by atoms with van der Waals surface area (Å²) in [5, 5.41) is 0. The molecule has 7 heteroatoms. The lowest BCUT2D eigenvalue weighted by Gasteiger charge is -2.15. The first-order valence-corrected chi connectivity index (χ1v) is 6.74. The van der Waals surface area contributed by atoms with Gasteiger partial charge in [0, 0.05) is 5.56 Å². The molecule has 0 saturated carbocycles. The number of nitrogens with one attached hydrogen (secondary N) is 2. The predicted molar refractivity (Wildman–Crippen MR) is 78.5 cm³/mol. The van der Waals surface area contributed by atoms with Crippen LogP contribution >= 0.6 is 0 Å². The van der Waals surface area contributed by atoms with E-state index in [0.717, 1.165) is 6.07 Å². The molecule has 0 radical (unpaired) electrons. The zero-order valence-electron chi connectivity index (χ0n) is 12.2. The van der Waals surface area contributed by atoms with Crippen LogP contribution in [0.3, 0.4) is 0 Å². The second-order valence-electron chi connectivity index (χ2n) is 4.64. The van der Waals surface area contributed by atoms with Gasteiger partial charge in [-0.05, 0) is 37.3 Å². The molecule has 0 aromatic heterocycles. The average Bonchev–Trinajstić information content (AvgIpc) is 2.54. The number of para-hydroxylation sites is 1. The number of ether oxygens (including phenoxy) is 1. The summed E-state index contributed by atoms with van der Waals surface area (Å²) in [6.45, 7) is 1.40. The van der Waals surface area contributed by atoms with Gasteiger partial charge in [-0.15, -0.1) is 0 Å². The Hall–Kier alpha value is -2.96. The lowest BCUT2D eigenvalue weighted by molar-refractivity contribution is -0.128. The fourth-order valence-corrected chi connectivity index (χ4v) is 1.71. The number of hydrogen-bond acceptors (Lipinski definition) is 3. The second-order valence-corrected chi connectivity index (χ2v) is 4.64. The molecule has 2 aromatic carbocycles. The zero-order chi connectivity index (χ0) is 16.8. The van der Waals surface area contributed by atoms with Crippen LogP contribution in [0.1, 0.15) is 17.3 Å². The van der Waals surface area contributed by atoms with E-state index >= 15 is 0 Å². The van der Waals surface area contributed by atoms with E-state index in [1.807, 2.05) is 0 Å². The third-order valence-corrected chi connectivity index (χ3v) is 2.90. The van der Waals surface area contributed by atoms with Crippen LogP contribution in [0.25, 0.3) is 0 Å². The lowest BCUT2D eigenvalue weighted by Crippen LogP contribution is -2.47. The van der Waals surface area contributed by atoms with E-state index < -0.39 is 29.6 Å². The summed E-state index contributed by atoms with van der Waals surface area (Å²) >= 11 is 0. The molecule has 0 heterocycles. The van der Waals surface area contributed by atoms with Crippen molar-refractivity contribution in [1.29, 1.82) is 0 Å². The quantitative estimate of drug-likeness (QED) is 0.849. The van der Waals surface area contributed by atoms with Gasteiger partial charge in [-0.2, -0.15) is 0 Å². The third kappa shape index (κ3) is 4.50. The highest BCUT2D eigenvalue weighted by Gasteiger charge is 2.17. The largest absolute Gasteiger partial charge is 0.478 e. The highest BCUT2D eigenvalue weighted by molar-refractivity contribution is 5.95. The van der Waals surface area contributed by atoms with Gasteiger partial charge in [-0.1, -0.05) is 18.2 Å². The van der Waals surface area contributed by atoms with Crippen molar-refractivity contribution in [3.05, 3.63) is 65.7 Å². The summed E-state index contributed by atoms with van der Waals surface area (Å²) in [6.07, 6.45) is -1.04. The van der Waals surface area contributed by atoms with E-state index in [2.05, 4.69) is 10.9 Å². The highest BCUT2D eigenvalue weighted by atomic mass is 19.1. The average molecular weight is 320 g/mol. The van der Waals surface area contributed by atoms with Gasteiger partial charge in [-0.3, -0.25) is 20.4 Å². The molecule has 1 atom stereocenters. The summed E-state index contributed by atoms with van der Waals surface area (Å²) in [6, 6.07) is 10.6. The number of halogens is 2. The summed E-state index contributed by atoms with van der Waals surface area (Å²) in [4.78, 5) is 23.6. The van der Waals surface area contributed by atoms with Gasteiger partial charge in [0.15, 0.2) is 17.7 Å². The molecule has 2 N–H and O–H groups in total. The van der Waals surface area contributed by atoms with Gasteiger partial charge in [0.2, 0.25) is 0 Å². The minimum atomic E-state index is -1.04. The number of hydrogen-bond donors (Lipinski definition) is 2. The maximum absolute atomic E-state index is 13.4. The molecule has 2 aromatic rings. The van der Waals surface area contributed by atoms with Crippen LogP contribution in [-0.4, -0.2) is 17.9 Å². The van der Waals surface area contributed by atoms with Crippen molar-refractivity contribution in [3.8, 4) is 5.75 Å². The van der Waals surface area contributed by atoms with E-state index in [9.17, 15) is 18.4 Å². The van der Waals surface area contributed by atoms with Crippen molar-refractivity contribution in [3.63, 3.8) is 0 Å². The van der Waals surface area contributed by atoms with Crippen LogP contribution in [0.4, 0.5) is 8.78 Å². The molecule has 2 amide bonds. The summed E-state index contributed by atoms with van der Waals surface area (Å²) in [5.41, 5.74) is 4.31. The Kier molecular flexibility index (Phi) is 5.24. The number of benzene rings is 2. The van der Waals surface area contributed by atoms with Crippen molar-refractivity contribution in [1.82, 2.24) is 10.9 Å². The molecule has 120 valence electrons. The highest BCUT2D eigenvalue weighted by Crippen LogP contribution is 2.16. The Balaban J connectivity index is 1.89. The Labute approximate surface area is 131 Å². The minimum Gasteiger partial charge on any atom is -0.478 e. The van der Waals surface area contributed by atoms with Crippen LogP contribution in [0.5, 0.6) is 5.75 Å². The van der Waals surface area contributed by atoms with Crippen LogP contribution in [0.2, 0.25) is 0 Å². The first kappa shape index (κ1) is 16.4. The summed E-state index contributed by atoms with van der Waals surface area (Å²) in [7, 11) is 0. The molecular weight excluding hydrogens is 306 g/mol.